The Labute approximate surface area is 206 Å². The van der Waals surface area contributed by atoms with Gasteiger partial charge in [0.25, 0.3) is 0 Å². The zero-order valence-corrected chi connectivity index (χ0v) is 18.8. The van der Waals surface area contributed by atoms with Crippen LogP contribution in [0.15, 0.2) is 132 Å². The monoisotopic (exact) mass is 564 g/mol. The van der Waals surface area contributed by atoms with E-state index in [1.54, 1.807) is 24.3 Å². The van der Waals surface area contributed by atoms with Crippen LogP contribution in [-0.4, -0.2) is 0 Å². The van der Waals surface area contributed by atoms with Gasteiger partial charge in [-0.1, -0.05) is 48.6 Å². The molecule has 2 aromatic rings. The van der Waals surface area contributed by atoms with Crippen molar-refractivity contribution in [3.63, 3.8) is 0 Å². The van der Waals surface area contributed by atoms with Gasteiger partial charge in [0, 0.05) is 0 Å². The molecular weight excluding hydrogens is 546 g/mol. The predicted octanol–water partition coefficient (Wildman–Crippen LogP) is 0.893. The number of allylic oxidation sites excluding steroid dienone is 10. The van der Waals surface area contributed by atoms with Gasteiger partial charge in [-0.25, -0.2) is 24.3 Å². The third kappa shape index (κ3) is 16.7. The Morgan fingerprint density at radius 3 is 0.862 bits per heavy atom. The van der Waals surface area contributed by atoms with E-state index in [0.29, 0.717) is 0 Å². The Balaban J connectivity index is -0.000000306. The van der Waals surface area contributed by atoms with Gasteiger partial charge < -0.3 is 20.4 Å². The molecule has 2 aliphatic carbocycles. The maximum absolute atomic E-state index is 9.95. The third-order valence-electron chi connectivity index (χ3n) is 2.91. The number of hydrogen-bond donors (Lipinski definition) is 0. The van der Waals surface area contributed by atoms with Gasteiger partial charge in [0.05, 0.1) is 0 Å². The van der Waals surface area contributed by atoms with Crippen molar-refractivity contribution >= 4 is 0 Å². The molecule has 7 heteroatoms. The first-order valence-electron chi connectivity index (χ1n) is 7.80. The summed E-state index contributed by atoms with van der Waals surface area (Å²) in [6.45, 7) is 0. The zero-order chi connectivity index (χ0) is 19.0. The Hall–Kier alpha value is -1.96. The van der Waals surface area contributed by atoms with Crippen molar-refractivity contribution in [2.24, 2.45) is 0 Å². The molecular formula is C22H18Fe2O4Pd. The molecule has 0 heterocycles. The number of hydrogen-bond acceptors (Lipinski definition) is 4. The summed E-state index contributed by atoms with van der Waals surface area (Å²) in [4.78, 5) is 0. The smallest absolute Gasteiger partial charge is 0.884 e. The van der Waals surface area contributed by atoms with Crippen LogP contribution in [-0.2, 0) is 54.6 Å². The third-order valence-corrected chi connectivity index (χ3v) is 2.91. The molecule has 0 amide bonds. The average molecular weight is 564 g/mol. The zero-order valence-electron chi connectivity index (χ0n) is 15.0. The minimum atomic E-state index is -1.12. The van der Waals surface area contributed by atoms with Crippen LogP contribution in [0.3, 0.4) is 0 Å². The van der Waals surface area contributed by atoms with Gasteiger partial charge in [0.2, 0.25) is 0 Å². The summed E-state index contributed by atoms with van der Waals surface area (Å²) in [5.74, 6) is -2.23. The van der Waals surface area contributed by atoms with Crippen molar-refractivity contribution in [3.05, 3.63) is 132 Å². The van der Waals surface area contributed by atoms with E-state index in [2.05, 4.69) is 0 Å². The number of rotatable bonds is 0. The molecule has 0 saturated heterocycles. The molecule has 156 valence electrons. The van der Waals surface area contributed by atoms with E-state index < -0.39 is 11.9 Å². The van der Waals surface area contributed by atoms with Gasteiger partial charge in [-0.05, 0) is 11.1 Å². The SMILES string of the molecule is [Fe+2].[Fe+2].[O-]C([O-])=C1C=CC=C1.[O-]C([O-])=C1C=CC=C1.[Pd+2].c1cc[cH-]c1.c1cc[cH-]c1. The van der Waals surface area contributed by atoms with E-state index in [1.165, 1.54) is 24.3 Å². The molecule has 2 aromatic carbocycles. The van der Waals surface area contributed by atoms with Crippen LogP contribution in [0, 0.1) is 0 Å². The normalized spacial score (nSPS) is 11.2. The van der Waals surface area contributed by atoms with E-state index in [4.69, 9.17) is 0 Å². The molecule has 0 fully saturated rings. The first-order chi connectivity index (χ1) is 12.6. The Bertz CT molecular complexity index is 646. The quantitative estimate of drug-likeness (QED) is 0.270. The second-order valence-electron chi connectivity index (χ2n) is 4.85. The fourth-order valence-corrected chi connectivity index (χ4v) is 1.66. The van der Waals surface area contributed by atoms with Crippen LogP contribution in [0.2, 0.25) is 0 Å². The summed E-state index contributed by atoms with van der Waals surface area (Å²) in [5, 5.41) is 39.8. The van der Waals surface area contributed by atoms with Crippen molar-refractivity contribution in [1.82, 2.24) is 0 Å². The van der Waals surface area contributed by atoms with Gasteiger partial charge >= 0.3 is 54.6 Å². The fourth-order valence-electron chi connectivity index (χ4n) is 1.66. The predicted molar refractivity (Wildman–Crippen MR) is 94.7 cm³/mol. The van der Waals surface area contributed by atoms with E-state index in [-0.39, 0.29) is 65.7 Å². The maximum atomic E-state index is 9.95. The van der Waals surface area contributed by atoms with E-state index >= 15 is 0 Å². The van der Waals surface area contributed by atoms with Crippen LogP contribution in [0.4, 0.5) is 0 Å². The molecule has 4 rings (SSSR count). The standard InChI is InChI=1S/2C6H6O2.2C5H5.2Fe.Pd/c2*7-6(8)5-3-1-2-4-5;2*1-2-4-5-3-1;;;/h2*1-4,7-8H;2*1-5H;;;/q;;2*-1;3*+2/p-4. The van der Waals surface area contributed by atoms with Gasteiger partial charge in [0.1, 0.15) is 0 Å². The summed E-state index contributed by atoms with van der Waals surface area (Å²) >= 11 is 0. The minimum absolute atomic E-state index is 0. The van der Waals surface area contributed by atoms with Gasteiger partial charge in [0.15, 0.2) is 0 Å². The van der Waals surface area contributed by atoms with Crippen molar-refractivity contribution < 1.29 is 75.0 Å². The molecule has 0 aromatic heterocycles. The Morgan fingerprint density at radius 2 is 0.759 bits per heavy atom. The molecule has 0 bridgehead atoms. The minimum Gasteiger partial charge on any atom is -0.884 e. The molecule has 2 aliphatic rings. The topological polar surface area (TPSA) is 92.2 Å². The van der Waals surface area contributed by atoms with Crippen LogP contribution in [0.5, 0.6) is 0 Å². The second-order valence-corrected chi connectivity index (χ2v) is 4.85. The van der Waals surface area contributed by atoms with Gasteiger partial charge in [-0.15, -0.1) is 0 Å². The van der Waals surface area contributed by atoms with E-state index in [9.17, 15) is 20.4 Å². The van der Waals surface area contributed by atoms with Crippen LogP contribution >= 0.6 is 0 Å². The van der Waals surface area contributed by atoms with Crippen LogP contribution in [0.1, 0.15) is 0 Å². The van der Waals surface area contributed by atoms with Crippen molar-refractivity contribution in [2.45, 2.75) is 0 Å². The maximum Gasteiger partial charge on any atom is 2.00 e. The molecule has 0 unspecified atom stereocenters. The first kappa shape index (κ1) is 31.7. The van der Waals surface area contributed by atoms with Gasteiger partial charge in [-0.2, -0.15) is 48.3 Å². The van der Waals surface area contributed by atoms with Crippen molar-refractivity contribution in [2.75, 3.05) is 0 Å². The van der Waals surface area contributed by atoms with E-state index in [0.717, 1.165) is 0 Å². The molecule has 0 atom stereocenters. The molecule has 0 aliphatic heterocycles. The largest absolute Gasteiger partial charge is 2.00 e. The average Bonchev–Trinajstić information content (AvgIpc) is 3.49. The summed E-state index contributed by atoms with van der Waals surface area (Å²) in [5.41, 5.74) is 0.481. The van der Waals surface area contributed by atoms with Crippen molar-refractivity contribution in [3.8, 4) is 0 Å². The Kier molecular flexibility index (Phi) is 22.7. The summed E-state index contributed by atoms with van der Waals surface area (Å²) in [6, 6.07) is 20.0. The second kappa shape index (κ2) is 20.8. The first-order valence-corrected chi connectivity index (χ1v) is 7.80. The molecule has 0 N–H and O–H groups in total. The molecule has 0 spiro atoms. The molecule has 0 radical (unpaired) electrons. The fraction of sp³-hybridized carbons (Fsp3) is 0. The summed E-state index contributed by atoms with van der Waals surface area (Å²) < 4.78 is 0. The van der Waals surface area contributed by atoms with Gasteiger partial charge in [-0.3, -0.25) is 0 Å². The molecule has 4 nitrogen and oxygen atoms in total. The molecule has 29 heavy (non-hydrogen) atoms. The summed E-state index contributed by atoms with van der Waals surface area (Å²) in [6.07, 6.45) is 12.6. The Morgan fingerprint density at radius 1 is 0.517 bits per heavy atom. The van der Waals surface area contributed by atoms with Crippen LogP contribution in [0.25, 0.3) is 0 Å². The summed E-state index contributed by atoms with van der Waals surface area (Å²) in [7, 11) is 0. The molecule has 0 saturated carbocycles. The van der Waals surface area contributed by atoms with Crippen molar-refractivity contribution in [1.29, 1.82) is 0 Å². The van der Waals surface area contributed by atoms with Crippen LogP contribution < -0.4 is 20.4 Å². The van der Waals surface area contributed by atoms with E-state index in [1.807, 2.05) is 60.7 Å².